The Kier molecular flexibility index (Phi) is 6.44. The minimum atomic E-state index is 0.0541. The summed E-state index contributed by atoms with van der Waals surface area (Å²) >= 11 is 0. The fourth-order valence-corrected chi connectivity index (χ4v) is 3.83. The van der Waals surface area contributed by atoms with Gasteiger partial charge in [0.1, 0.15) is 0 Å². The number of aryl methyl sites for hydroxylation is 1. The molecule has 1 amide bonds. The molecule has 3 aromatic rings. The SMILES string of the molecule is Cc1cc(CNC(=O)CN2CCN(c3ccccc3)CC2)nn1Cc1ccccc1. The summed E-state index contributed by atoms with van der Waals surface area (Å²) < 4.78 is 1.99. The average Bonchev–Trinajstić information content (AvgIpc) is 3.13. The van der Waals surface area contributed by atoms with Crippen LogP contribution in [0.4, 0.5) is 5.69 Å². The standard InChI is InChI=1S/C24H29N5O/c1-20-16-22(26-29(20)18-21-8-4-2-5-9-21)17-25-24(30)19-27-12-14-28(15-13-27)23-10-6-3-7-11-23/h2-11,16H,12-15,17-19H2,1H3,(H,25,30). The van der Waals surface area contributed by atoms with Gasteiger partial charge in [0, 0.05) is 37.6 Å². The molecule has 156 valence electrons. The number of hydrogen-bond acceptors (Lipinski definition) is 4. The molecule has 1 aromatic heterocycles. The second kappa shape index (κ2) is 9.59. The van der Waals surface area contributed by atoms with Crippen LogP contribution >= 0.6 is 0 Å². The first kappa shape index (κ1) is 20.2. The lowest BCUT2D eigenvalue weighted by Crippen LogP contribution is -2.49. The van der Waals surface area contributed by atoms with E-state index < -0.39 is 0 Å². The number of aromatic nitrogens is 2. The second-order valence-electron chi connectivity index (χ2n) is 7.80. The van der Waals surface area contributed by atoms with E-state index >= 15 is 0 Å². The highest BCUT2D eigenvalue weighted by Crippen LogP contribution is 2.15. The molecule has 0 atom stereocenters. The van der Waals surface area contributed by atoms with E-state index in [1.807, 2.05) is 41.9 Å². The molecule has 0 saturated carbocycles. The number of carbonyl (C=O) groups excluding carboxylic acids is 1. The van der Waals surface area contributed by atoms with Crippen molar-refractivity contribution < 1.29 is 4.79 Å². The van der Waals surface area contributed by atoms with Crippen LogP contribution in [-0.2, 0) is 17.9 Å². The molecule has 0 bridgehead atoms. The molecule has 0 radical (unpaired) electrons. The highest BCUT2D eigenvalue weighted by atomic mass is 16.2. The van der Waals surface area contributed by atoms with Gasteiger partial charge in [-0.3, -0.25) is 14.4 Å². The smallest absolute Gasteiger partial charge is 0.234 e. The Bertz CT molecular complexity index is 946. The lowest BCUT2D eigenvalue weighted by molar-refractivity contribution is -0.122. The first-order valence-electron chi connectivity index (χ1n) is 10.5. The molecule has 1 N–H and O–H groups in total. The summed E-state index contributed by atoms with van der Waals surface area (Å²) in [5.41, 5.74) is 4.46. The molecule has 2 heterocycles. The summed E-state index contributed by atoms with van der Waals surface area (Å²) in [6.07, 6.45) is 0. The largest absolute Gasteiger partial charge is 0.369 e. The Morgan fingerprint density at radius 1 is 0.967 bits per heavy atom. The van der Waals surface area contributed by atoms with Gasteiger partial charge in [0.05, 0.1) is 25.3 Å². The van der Waals surface area contributed by atoms with E-state index in [1.54, 1.807) is 0 Å². The first-order valence-corrected chi connectivity index (χ1v) is 10.5. The summed E-state index contributed by atoms with van der Waals surface area (Å²) in [4.78, 5) is 17.0. The molecule has 2 aromatic carbocycles. The molecule has 4 rings (SSSR count). The Labute approximate surface area is 178 Å². The van der Waals surface area contributed by atoms with E-state index in [4.69, 9.17) is 0 Å². The van der Waals surface area contributed by atoms with E-state index in [2.05, 4.69) is 56.6 Å². The first-order chi connectivity index (χ1) is 14.7. The van der Waals surface area contributed by atoms with Crippen LogP contribution < -0.4 is 10.2 Å². The predicted molar refractivity (Wildman–Crippen MR) is 119 cm³/mol. The van der Waals surface area contributed by atoms with E-state index in [9.17, 15) is 4.79 Å². The zero-order chi connectivity index (χ0) is 20.8. The monoisotopic (exact) mass is 403 g/mol. The summed E-state index contributed by atoms with van der Waals surface area (Å²) in [6, 6.07) is 22.8. The van der Waals surface area contributed by atoms with E-state index in [0.29, 0.717) is 13.1 Å². The highest BCUT2D eigenvalue weighted by molar-refractivity contribution is 5.78. The van der Waals surface area contributed by atoms with Gasteiger partial charge in [-0.15, -0.1) is 0 Å². The van der Waals surface area contributed by atoms with Gasteiger partial charge in [-0.25, -0.2) is 0 Å². The van der Waals surface area contributed by atoms with Gasteiger partial charge in [-0.2, -0.15) is 5.10 Å². The Morgan fingerprint density at radius 2 is 1.63 bits per heavy atom. The number of carbonyl (C=O) groups is 1. The van der Waals surface area contributed by atoms with Crippen molar-refractivity contribution in [3.05, 3.63) is 83.7 Å². The molecule has 0 aliphatic carbocycles. The van der Waals surface area contributed by atoms with Crippen LogP contribution in [0.3, 0.4) is 0 Å². The maximum absolute atomic E-state index is 12.4. The third kappa shape index (κ3) is 5.27. The van der Waals surface area contributed by atoms with Gasteiger partial charge in [0.15, 0.2) is 0 Å². The number of nitrogens with one attached hydrogen (secondary N) is 1. The molecular formula is C24H29N5O. The fraction of sp³-hybridized carbons (Fsp3) is 0.333. The number of benzene rings is 2. The van der Waals surface area contributed by atoms with Crippen molar-refractivity contribution in [3.63, 3.8) is 0 Å². The molecule has 30 heavy (non-hydrogen) atoms. The number of para-hydroxylation sites is 1. The van der Waals surface area contributed by atoms with Crippen LogP contribution in [0.5, 0.6) is 0 Å². The minimum absolute atomic E-state index is 0.0541. The molecule has 1 aliphatic heterocycles. The average molecular weight is 404 g/mol. The number of piperazine rings is 1. The molecular weight excluding hydrogens is 374 g/mol. The van der Waals surface area contributed by atoms with Crippen LogP contribution in [-0.4, -0.2) is 53.3 Å². The van der Waals surface area contributed by atoms with Gasteiger partial charge in [-0.05, 0) is 30.7 Å². The van der Waals surface area contributed by atoms with Gasteiger partial charge in [0.2, 0.25) is 5.91 Å². The fourth-order valence-electron chi connectivity index (χ4n) is 3.83. The van der Waals surface area contributed by atoms with Crippen molar-refractivity contribution in [2.75, 3.05) is 37.6 Å². The molecule has 1 aliphatic rings. The zero-order valence-electron chi connectivity index (χ0n) is 17.5. The zero-order valence-corrected chi connectivity index (χ0v) is 17.5. The normalized spacial score (nSPS) is 14.6. The Morgan fingerprint density at radius 3 is 2.33 bits per heavy atom. The molecule has 1 fully saturated rings. The molecule has 0 unspecified atom stereocenters. The van der Waals surface area contributed by atoms with Crippen molar-refractivity contribution in [2.24, 2.45) is 0 Å². The van der Waals surface area contributed by atoms with Crippen LogP contribution in [0.25, 0.3) is 0 Å². The number of anilines is 1. The van der Waals surface area contributed by atoms with Crippen LogP contribution in [0.2, 0.25) is 0 Å². The molecule has 1 saturated heterocycles. The number of nitrogens with zero attached hydrogens (tertiary/aromatic N) is 4. The maximum Gasteiger partial charge on any atom is 0.234 e. The Hall–Kier alpha value is -3.12. The topological polar surface area (TPSA) is 53.4 Å². The Balaban J connectivity index is 1.22. The van der Waals surface area contributed by atoms with Crippen LogP contribution in [0.15, 0.2) is 66.7 Å². The van der Waals surface area contributed by atoms with E-state index in [0.717, 1.165) is 44.1 Å². The van der Waals surface area contributed by atoms with Crippen LogP contribution in [0.1, 0.15) is 17.0 Å². The third-order valence-electron chi connectivity index (χ3n) is 5.53. The lowest BCUT2D eigenvalue weighted by atomic mass is 10.2. The molecule has 6 heteroatoms. The van der Waals surface area contributed by atoms with Crippen molar-refractivity contribution in [3.8, 4) is 0 Å². The number of hydrogen-bond donors (Lipinski definition) is 1. The summed E-state index contributed by atoms with van der Waals surface area (Å²) in [6.45, 7) is 7.37. The van der Waals surface area contributed by atoms with E-state index in [1.165, 1.54) is 11.3 Å². The van der Waals surface area contributed by atoms with Crippen molar-refractivity contribution >= 4 is 11.6 Å². The third-order valence-corrected chi connectivity index (χ3v) is 5.53. The summed E-state index contributed by atoms with van der Waals surface area (Å²) in [7, 11) is 0. The van der Waals surface area contributed by atoms with Gasteiger partial charge >= 0.3 is 0 Å². The number of amides is 1. The number of rotatable bonds is 7. The minimum Gasteiger partial charge on any atom is -0.369 e. The van der Waals surface area contributed by atoms with Crippen LogP contribution in [0, 0.1) is 6.92 Å². The molecule has 6 nitrogen and oxygen atoms in total. The quantitative estimate of drug-likeness (QED) is 0.659. The summed E-state index contributed by atoms with van der Waals surface area (Å²) in [5.74, 6) is 0.0541. The highest BCUT2D eigenvalue weighted by Gasteiger charge is 2.19. The predicted octanol–water partition coefficient (Wildman–Crippen LogP) is 2.68. The van der Waals surface area contributed by atoms with Gasteiger partial charge in [0.25, 0.3) is 0 Å². The summed E-state index contributed by atoms with van der Waals surface area (Å²) in [5, 5.41) is 7.67. The second-order valence-corrected chi connectivity index (χ2v) is 7.80. The van der Waals surface area contributed by atoms with Crippen molar-refractivity contribution in [1.29, 1.82) is 0 Å². The van der Waals surface area contributed by atoms with E-state index in [-0.39, 0.29) is 5.91 Å². The lowest BCUT2D eigenvalue weighted by Gasteiger charge is -2.35. The van der Waals surface area contributed by atoms with Gasteiger partial charge in [-0.1, -0.05) is 48.5 Å². The van der Waals surface area contributed by atoms with Crippen molar-refractivity contribution in [1.82, 2.24) is 20.0 Å². The van der Waals surface area contributed by atoms with Crippen molar-refractivity contribution in [2.45, 2.75) is 20.0 Å². The molecule has 0 spiro atoms. The maximum atomic E-state index is 12.4. The van der Waals surface area contributed by atoms with Gasteiger partial charge < -0.3 is 10.2 Å².